The molecule has 3 saturated carbocycles. The number of hydrogen-bond acceptors (Lipinski definition) is 3. The highest BCUT2D eigenvalue weighted by Crippen LogP contribution is 2.15. The smallest absolute Gasteiger partial charge is 0.330 e. The van der Waals surface area contributed by atoms with Crippen LogP contribution in [0.15, 0.2) is 36.5 Å². The second-order valence-electron chi connectivity index (χ2n) is 6.44. The van der Waals surface area contributed by atoms with Gasteiger partial charge in [0.2, 0.25) is 0 Å². The van der Waals surface area contributed by atoms with E-state index in [1.807, 2.05) is 0 Å². The lowest BCUT2D eigenvalue weighted by molar-refractivity contribution is -0.133. The van der Waals surface area contributed by atoms with E-state index < -0.39 is 17.9 Å². The van der Waals surface area contributed by atoms with Gasteiger partial charge >= 0.3 is 17.9 Å². The lowest BCUT2D eigenvalue weighted by Crippen LogP contribution is -1.92. The largest absolute Gasteiger partial charge is 0.478 e. The van der Waals surface area contributed by atoms with Crippen LogP contribution in [0.4, 0.5) is 0 Å². The third kappa shape index (κ3) is 69.3. The topological polar surface area (TPSA) is 112 Å². The molecule has 3 aliphatic carbocycles. The Morgan fingerprint density at radius 1 is 0.481 bits per heavy atom. The highest BCUT2D eigenvalue weighted by molar-refractivity contribution is 5.85. The second kappa shape index (κ2) is 19.9. The maximum absolute atomic E-state index is 9.60. The van der Waals surface area contributed by atoms with Crippen molar-refractivity contribution in [3.8, 4) is 0 Å². The molecule has 0 aromatic rings. The molecule has 0 heterocycles. The van der Waals surface area contributed by atoms with Crippen LogP contribution < -0.4 is 0 Å². The van der Waals surface area contributed by atoms with Gasteiger partial charge in [-0.15, -0.1) is 0 Å². The van der Waals surface area contributed by atoms with Gasteiger partial charge < -0.3 is 15.3 Å². The fraction of sp³-hybridized carbons (Fsp3) is 0.571. The van der Waals surface area contributed by atoms with Gasteiger partial charge in [-0.3, -0.25) is 0 Å². The molecule has 3 fully saturated rings. The predicted molar refractivity (Wildman–Crippen MR) is 109 cm³/mol. The Morgan fingerprint density at radius 2 is 0.556 bits per heavy atom. The van der Waals surface area contributed by atoms with Crippen LogP contribution in [0.5, 0.6) is 0 Å². The maximum Gasteiger partial charge on any atom is 0.330 e. The van der Waals surface area contributed by atoms with E-state index in [1.165, 1.54) is 78.6 Å². The minimum Gasteiger partial charge on any atom is -0.478 e. The molecule has 0 atom stereocenters. The molecule has 3 N–H and O–H groups in total. The lowest BCUT2D eigenvalue weighted by atomic mass is 10.4. The van der Waals surface area contributed by atoms with Gasteiger partial charge in [0, 0.05) is 16.7 Å². The highest BCUT2D eigenvalue weighted by atomic mass is 16.4. The third-order valence-electron chi connectivity index (χ3n) is 2.16. The number of rotatable bonds is 3. The first-order valence-corrected chi connectivity index (χ1v) is 9.09. The van der Waals surface area contributed by atoms with Crippen molar-refractivity contribution in [1.82, 2.24) is 0 Å². The van der Waals surface area contributed by atoms with Crippen LogP contribution in [-0.2, 0) is 14.4 Å². The van der Waals surface area contributed by atoms with Crippen molar-refractivity contribution in [3.05, 3.63) is 36.5 Å². The molecule has 0 amide bonds. The molecule has 0 radical (unpaired) electrons. The lowest BCUT2D eigenvalue weighted by Gasteiger charge is -1.79. The van der Waals surface area contributed by atoms with Gasteiger partial charge in [-0.25, -0.2) is 14.4 Å². The number of carbonyl (C=O) groups is 3. The summed E-state index contributed by atoms with van der Waals surface area (Å²) in [7, 11) is 0. The number of aliphatic carboxylic acids is 3. The standard InChI is InChI=1S/3C4H6O2.3C3H6/c3*1-3(2)4(5)6;3*1-2-3-1/h3*1H2,2H3,(H,5,6);3*1-3H2. The Labute approximate surface area is 163 Å². The summed E-state index contributed by atoms with van der Waals surface area (Å²) in [6.07, 6.45) is 13.5. The monoisotopic (exact) mass is 384 g/mol. The minimum atomic E-state index is -0.935. The third-order valence-corrected chi connectivity index (χ3v) is 2.16. The summed E-state index contributed by atoms with van der Waals surface area (Å²) in [5, 5.41) is 23.7. The molecular weight excluding hydrogens is 348 g/mol. The van der Waals surface area contributed by atoms with Crippen molar-refractivity contribution < 1.29 is 29.7 Å². The summed E-state index contributed by atoms with van der Waals surface area (Å²) in [6.45, 7) is 13.8. The average molecular weight is 385 g/mol. The molecule has 27 heavy (non-hydrogen) atoms. The zero-order chi connectivity index (χ0) is 21.8. The molecular formula is C21H36O6. The molecule has 0 aliphatic heterocycles. The normalized spacial score (nSPS) is 13.0. The first-order chi connectivity index (χ1) is 12.4. The van der Waals surface area contributed by atoms with Crippen molar-refractivity contribution in [2.24, 2.45) is 0 Å². The van der Waals surface area contributed by atoms with Gasteiger partial charge in [-0.2, -0.15) is 0 Å². The number of carboxylic acid groups (broad SMARTS) is 3. The Bertz CT molecular complexity index is 369. The molecule has 0 bridgehead atoms. The van der Waals surface area contributed by atoms with Crippen molar-refractivity contribution in [1.29, 1.82) is 0 Å². The van der Waals surface area contributed by atoms with E-state index in [1.54, 1.807) is 0 Å². The van der Waals surface area contributed by atoms with E-state index in [-0.39, 0.29) is 16.7 Å². The SMILES string of the molecule is C1CC1.C1CC1.C1CC1.C=C(C)C(=O)O.C=C(C)C(=O)O.C=C(C)C(=O)O. The maximum atomic E-state index is 9.60. The Kier molecular flexibility index (Phi) is 21.7. The predicted octanol–water partition coefficient (Wildman–Crippen LogP) is 5.45. The first-order valence-electron chi connectivity index (χ1n) is 9.09. The van der Waals surface area contributed by atoms with Crippen molar-refractivity contribution in [3.63, 3.8) is 0 Å². The first kappa shape index (κ1) is 29.4. The van der Waals surface area contributed by atoms with Crippen LogP contribution >= 0.6 is 0 Å². The van der Waals surface area contributed by atoms with Crippen LogP contribution in [0, 0.1) is 0 Å². The van der Waals surface area contributed by atoms with Gasteiger partial charge in [-0.1, -0.05) is 77.5 Å². The minimum absolute atomic E-state index is 0.176. The van der Waals surface area contributed by atoms with Crippen LogP contribution in [0.2, 0.25) is 0 Å². The van der Waals surface area contributed by atoms with E-state index in [2.05, 4.69) is 19.7 Å². The average Bonchev–Trinajstić information content (AvgIpc) is 3.45. The van der Waals surface area contributed by atoms with Crippen LogP contribution in [-0.4, -0.2) is 33.2 Å². The molecule has 0 spiro atoms. The second-order valence-corrected chi connectivity index (χ2v) is 6.44. The Hall–Kier alpha value is -2.37. The number of carboxylic acids is 3. The summed E-state index contributed by atoms with van der Waals surface area (Å²) >= 11 is 0. The van der Waals surface area contributed by atoms with Gasteiger partial charge in [-0.05, 0) is 20.8 Å². The summed E-state index contributed by atoms with van der Waals surface area (Å²) in [5.74, 6) is -2.81. The zero-order valence-corrected chi connectivity index (χ0v) is 17.1. The van der Waals surface area contributed by atoms with Crippen LogP contribution in [0.3, 0.4) is 0 Å². The van der Waals surface area contributed by atoms with Crippen molar-refractivity contribution in [2.45, 2.75) is 78.6 Å². The van der Waals surface area contributed by atoms with E-state index in [9.17, 15) is 14.4 Å². The fourth-order valence-corrected chi connectivity index (χ4v) is 0. The summed E-state index contributed by atoms with van der Waals surface area (Å²) in [6, 6.07) is 0. The van der Waals surface area contributed by atoms with E-state index in [0.717, 1.165) is 0 Å². The molecule has 0 aromatic heterocycles. The molecule has 0 unspecified atom stereocenters. The Balaban J connectivity index is -0.000000261. The van der Waals surface area contributed by atoms with E-state index >= 15 is 0 Å². The van der Waals surface area contributed by atoms with Crippen molar-refractivity contribution in [2.75, 3.05) is 0 Å². The van der Waals surface area contributed by atoms with Crippen molar-refractivity contribution >= 4 is 17.9 Å². The summed E-state index contributed by atoms with van der Waals surface area (Å²) in [4.78, 5) is 28.8. The molecule has 0 aromatic carbocycles. The molecule has 3 rings (SSSR count). The van der Waals surface area contributed by atoms with E-state index in [0.29, 0.717) is 0 Å². The number of hydrogen-bond donors (Lipinski definition) is 3. The Morgan fingerprint density at radius 3 is 0.556 bits per heavy atom. The highest BCUT2D eigenvalue weighted by Gasteiger charge is 1.96. The van der Waals surface area contributed by atoms with Gasteiger partial charge in [0.25, 0.3) is 0 Å². The van der Waals surface area contributed by atoms with Crippen LogP contribution in [0.25, 0.3) is 0 Å². The molecule has 156 valence electrons. The van der Waals surface area contributed by atoms with Gasteiger partial charge in [0.05, 0.1) is 0 Å². The zero-order valence-electron chi connectivity index (χ0n) is 17.1. The molecule has 0 saturated heterocycles. The fourth-order valence-electron chi connectivity index (χ4n) is 0. The van der Waals surface area contributed by atoms with Gasteiger partial charge in [0.1, 0.15) is 0 Å². The quantitative estimate of drug-likeness (QED) is 0.558. The summed E-state index contributed by atoms with van der Waals surface area (Å²) in [5.41, 5.74) is 0.528. The molecule has 6 nitrogen and oxygen atoms in total. The molecule has 3 aliphatic rings. The summed E-state index contributed by atoms with van der Waals surface area (Å²) < 4.78 is 0. The van der Waals surface area contributed by atoms with Gasteiger partial charge in [0.15, 0.2) is 0 Å². The van der Waals surface area contributed by atoms with Crippen LogP contribution in [0.1, 0.15) is 78.6 Å². The van der Waals surface area contributed by atoms with E-state index in [4.69, 9.17) is 15.3 Å². The molecule has 6 heteroatoms.